The van der Waals surface area contributed by atoms with Crippen LogP contribution in [0.1, 0.15) is 25.0 Å². The van der Waals surface area contributed by atoms with Gasteiger partial charge in [-0.25, -0.2) is 8.78 Å². The van der Waals surface area contributed by atoms with Gasteiger partial charge in [0.25, 0.3) is 0 Å². The third-order valence-corrected chi connectivity index (χ3v) is 3.52. The van der Waals surface area contributed by atoms with Crippen molar-refractivity contribution in [1.29, 1.82) is 0 Å². The normalized spacial score (nSPS) is 11.9. The molecule has 0 saturated carbocycles. The van der Waals surface area contributed by atoms with Crippen molar-refractivity contribution in [2.45, 2.75) is 19.4 Å². The Morgan fingerprint density at radius 3 is 1.63 bits per heavy atom. The highest BCUT2D eigenvalue weighted by Gasteiger charge is 2.33. The molecule has 100 valence electrons. The van der Waals surface area contributed by atoms with E-state index >= 15 is 0 Å². The van der Waals surface area contributed by atoms with E-state index in [1.807, 2.05) is 13.8 Å². The molecule has 3 heteroatoms. The van der Waals surface area contributed by atoms with E-state index in [0.29, 0.717) is 11.1 Å². The molecule has 0 heterocycles. The van der Waals surface area contributed by atoms with Crippen molar-refractivity contribution >= 4 is 0 Å². The molecule has 0 fully saturated rings. The van der Waals surface area contributed by atoms with Crippen LogP contribution in [0.5, 0.6) is 0 Å². The average Bonchev–Trinajstić information content (AvgIpc) is 2.37. The zero-order chi connectivity index (χ0) is 14.0. The largest absolute Gasteiger partial charge is 0.317 e. The summed E-state index contributed by atoms with van der Waals surface area (Å²) in [4.78, 5) is 0. The van der Waals surface area contributed by atoms with Gasteiger partial charge in [0.05, 0.1) is 5.54 Å². The van der Waals surface area contributed by atoms with Crippen molar-refractivity contribution in [3.63, 3.8) is 0 Å². The summed E-state index contributed by atoms with van der Waals surface area (Å²) in [6.07, 6.45) is 0. The minimum atomic E-state index is -0.913. The van der Waals surface area contributed by atoms with Gasteiger partial charge < -0.3 is 5.73 Å². The number of nitrogens with two attached hydrogens (primary N) is 1. The third-order valence-electron chi connectivity index (χ3n) is 3.52. The predicted molar refractivity (Wildman–Crippen MR) is 72.6 cm³/mol. The van der Waals surface area contributed by atoms with E-state index in [1.54, 1.807) is 24.3 Å². The van der Waals surface area contributed by atoms with Gasteiger partial charge in [0.15, 0.2) is 0 Å². The number of hydrogen-bond acceptors (Lipinski definition) is 1. The molecule has 2 rings (SSSR count). The Kier molecular flexibility index (Phi) is 3.67. The Morgan fingerprint density at radius 2 is 1.32 bits per heavy atom. The quantitative estimate of drug-likeness (QED) is 0.893. The minimum Gasteiger partial charge on any atom is -0.317 e. The molecule has 0 aromatic heterocycles. The highest BCUT2D eigenvalue weighted by Crippen LogP contribution is 2.34. The molecule has 0 bridgehead atoms. The van der Waals surface area contributed by atoms with Gasteiger partial charge >= 0.3 is 0 Å². The third kappa shape index (κ3) is 2.51. The number of rotatable bonds is 3. The molecule has 1 nitrogen and oxygen atoms in total. The molecule has 2 N–H and O–H groups in total. The molecular weight excluding hydrogens is 244 g/mol. The molecule has 0 saturated heterocycles. The summed E-state index contributed by atoms with van der Waals surface area (Å²) in [5.41, 5.74) is 6.87. The zero-order valence-corrected chi connectivity index (χ0v) is 11.0. The van der Waals surface area contributed by atoms with Gasteiger partial charge in [-0.2, -0.15) is 0 Å². The van der Waals surface area contributed by atoms with Gasteiger partial charge in [-0.15, -0.1) is 0 Å². The molecule has 19 heavy (non-hydrogen) atoms. The van der Waals surface area contributed by atoms with E-state index < -0.39 is 5.54 Å². The van der Waals surface area contributed by atoms with E-state index in [0.717, 1.165) is 0 Å². The van der Waals surface area contributed by atoms with Crippen LogP contribution in [-0.4, -0.2) is 0 Å². The SMILES string of the molecule is CC(C)C(N)(c1cccc(F)c1)c1cccc(F)c1. The summed E-state index contributed by atoms with van der Waals surface area (Å²) in [6.45, 7) is 3.88. The Labute approximate surface area is 112 Å². The van der Waals surface area contributed by atoms with Crippen molar-refractivity contribution in [2.24, 2.45) is 11.7 Å². The zero-order valence-electron chi connectivity index (χ0n) is 11.0. The number of halogens is 2. The van der Waals surface area contributed by atoms with E-state index in [1.165, 1.54) is 24.3 Å². The fraction of sp³-hybridized carbons (Fsp3) is 0.250. The van der Waals surface area contributed by atoms with Gasteiger partial charge in [-0.1, -0.05) is 38.1 Å². The summed E-state index contributed by atoms with van der Waals surface area (Å²) in [5, 5.41) is 0. The summed E-state index contributed by atoms with van der Waals surface area (Å²) in [6, 6.07) is 12.3. The van der Waals surface area contributed by atoms with Crippen LogP contribution < -0.4 is 5.73 Å². The topological polar surface area (TPSA) is 26.0 Å². The summed E-state index contributed by atoms with van der Waals surface area (Å²) in [7, 11) is 0. The lowest BCUT2D eigenvalue weighted by atomic mass is 9.75. The first-order valence-corrected chi connectivity index (χ1v) is 6.25. The summed E-state index contributed by atoms with van der Waals surface area (Å²) in [5.74, 6) is -0.690. The van der Waals surface area contributed by atoms with Crippen molar-refractivity contribution in [3.05, 3.63) is 71.3 Å². The molecule has 0 aliphatic carbocycles. The predicted octanol–water partition coefficient (Wildman–Crippen LogP) is 3.82. The monoisotopic (exact) mass is 261 g/mol. The maximum Gasteiger partial charge on any atom is 0.123 e. The maximum absolute atomic E-state index is 13.4. The van der Waals surface area contributed by atoms with Crippen LogP contribution in [0.15, 0.2) is 48.5 Å². The standard InChI is InChI=1S/C16H17F2N/c1-11(2)16(19,12-5-3-7-14(17)9-12)13-6-4-8-15(18)10-13/h3-11H,19H2,1-2H3. The summed E-state index contributed by atoms with van der Waals surface area (Å²) < 4.78 is 26.9. The van der Waals surface area contributed by atoms with Crippen molar-refractivity contribution in [2.75, 3.05) is 0 Å². The van der Waals surface area contributed by atoms with Crippen LogP contribution in [0.4, 0.5) is 8.78 Å². The van der Waals surface area contributed by atoms with Crippen LogP contribution in [0.2, 0.25) is 0 Å². The van der Waals surface area contributed by atoms with Crippen LogP contribution in [-0.2, 0) is 5.54 Å². The molecular formula is C16H17F2N. The van der Waals surface area contributed by atoms with Crippen LogP contribution in [0.25, 0.3) is 0 Å². The lowest BCUT2D eigenvalue weighted by Gasteiger charge is -2.35. The summed E-state index contributed by atoms with van der Waals surface area (Å²) >= 11 is 0. The first kappa shape index (κ1) is 13.7. The highest BCUT2D eigenvalue weighted by atomic mass is 19.1. The van der Waals surface area contributed by atoms with E-state index in [4.69, 9.17) is 5.73 Å². The van der Waals surface area contributed by atoms with Gasteiger partial charge in [0.2, 0.25) is 0 Å². The minimum absolute atomic E-state index is 0.00361. The molecule has 0 aliphatic rings. The molecule has 0 aliphatic heterocycles. The van der Waals surface area contributed by atoms with Gasteiger partial charge in [-0.3, -0.25) is 0 Å². The lowest BCUT2D eigenvalue weighted by molar-refractivity contribution is 0.380. The van der Waals surface area contributed by atoms with Crippen LogP contribution in [0.3, 0.4) is 0 Å². The first-order chi connectivity index (χ1) is 8.94. The second-order valence-electron chi connectivity index (χ2n) is 5.04. The maximum atomic E-state index is 13.4. The molecule has 2 aromatic rings. The highest BCUT2D eigenvalue weighted by molar-refractivity contribution is 5.39. The van der Waals surface area contributed by atoms with E-state index in [-0.39, 0.29) is 17.6 Å². The Balaban J connectivity index is 2.61. The molecule has 0 spiro atoms. The van der Waals surface area contributed by atoms with Gasteiger partial charge in [-0.05, 0) is 41.3 Å². The average molecular weight is 261 g/mol. The lowest BCUT2D eigenvalue weighted by Crippen LogP contribution is -2.43. The Bertz CT molecular complexity index is 533. The fourth-order valence-electron chi connectivity index (χ4n) is 2.32. The van der Waals surface area contributed by atoms with Crippen molar-refractivity contribution < 1.29 is 8.78 Å². The van der Waals surface area contributed by atoms with E-state index in [2.05, 4.69) is 0 Å². The molecule has 0 amide bonds. The van der Waals surface area contributed by atoms with E-state index in [9.17, 15) is 8.78 Å². The fourth-order valence-corrected chi connectivity index (χ4v) is 2.32. The number of benzene rings is 2. The molecule has 0 radical (unpaired) electrons. The van der Waals surface area contributed by atoms with Crippen molar-refractivity contribution in [3.8, 4) is 0 Å². The Hall–Kier alpha value is -1.74. The molecule has 0 unspecified atom stereocenters. The van der Waals surface area contributed by atoms with Crippen molar-refractivity contribution in [1.82, 2.24) is 0 Å². The second kappa shape index (κ2) is 5.10. The smallest absolute Gasteiger partial charge is 0.123 e. The molecule has 2 aromatic carbocycles. The second-order valence-corrected chi connectivity index (χ2v) is 5.04. The Morgan fingerprint density at radius 1 is 0.895 bits per heavy atom. The number of hydrogen-bond donors (Lipinski definition) is 1. The van der Waals surface area contributed by atoms with Gasteiger partial charge in [0, 0.05) is 0 Å². The first-order valence-electron chi connectivity index (χ1n) is 6.25. The van der Waals surface area contributed by atoms with Crippen LogP contribution >= 0.6 is 0 Å². The van der Waals surface area contributed by atoms with Gasteiger partial charge in [0.1, 0.15) is 11.6 Å². The van der Waals surface area contributed by atoms with Crippen LogP contribution in [0, 0.1) is 17.6 Å². The molecule has 0 atom stereocenters.